The van der Waals surface area contributed by atoms with Gasteiger partial charge in [-0.2, -0.15) is 0 Å². The van der Waals surface area contributed by atoms with Crippen molar-refractivity contribution in [3.05, 3.63) is 51.1 Å². The molecular formula is C15H17FN4O2. The molecule has 0 aliphatic carbocycles. The van der Waals surface area contributed by atoms with E-state index in [2.05, 4.69) is 19.9 Å². The van der Waals surface area contributed by atoms with Gasteiger partial charge in [-0.1, -0.05) is 0 Å². The molecule has 0 atom stereocenters. The van der Waals surface area contributed by atoms with Crippen molar-refractivity contribution < 1.29 is 9.13 Å². The highest BCUT2D eigenvalue weighted by atomic mass is 19.1. The van der Waals surface area contributed by atoms with E-state index in [1.807, 2.05) is 0 Å². The van der Waals surface area contributed by atoms with E-state index in [1.54, 1.807) is 13.1 Å². The number of aryl methyl sites for hydroxylation is 1. The lowest BCUT2D eigenvalue weighted by Gasteiger charge is -2.27. The van der Waals surface area contributed by atoms with Crippen LogP contribution in [-0.2, 0) is 19.5 Å². The third-order valence-electron chi connectivity index (χ3n) is 3.73. The minimum atomic E-state index is -0.479. The van der Waals surface area contributed by atoms with Crippen molar-refractivity contribution >= 4 is 0 Å². The van der Waals surface area contributed by atoms with Crippen LogP contribution in [0.4, 0.5) is 4.39 Å². The highest BCUT2D eigenvalue weighted by molar-refractivity contribution is 5.23. The van der Waals surface area contributed by atoms with E-state index >= 15 is 0 Å². The summed E-state index contributed by atoms with van der Waals surface area (Å²) >= 11 is 0. The zero-order valence-electron chi connectivity index (χ0n) is 12.5. The standard InChI is InChI=1S/C15H17FN4O2/c1-9-18-13-3-4-20(8-11(13)14(21)19-9)7-10-5-12(16)15(22-2)17-6-10/h5-6H,3-4,7-8H2,1-2H3,(H,18,19,21). The molecule has 0 saturated carbocycles. The Bertz CT molecular complexity index is 760. The largest absolute Gasteiger partial charge is 0.479 e. The molecule has 0 bridgehead atoms. The number of aromatic amines is 1. The van der Waals surface area contributed by atoms with Crippen molar-refractivity contribution in [1.82, 2.24) is 19.9 Å². The summed E-state index contributed by atoms with van der Waals surface area (Å²) in [7, 11) is 1.38. The van der Waals surface area contributed by atoms with Crippen LogP contribution in [-0.4, -0.2) is 33.5 Å². The quantitative estimate of drug-likeness (QED) is 0.922. The van der Waals surface area contributed by atoms with E-state index < -0.39 is 5.82 Å². The first-order chi connectivity index (χ1) is 10.6. The van der Waals surface area contributed by atoms with Gasteiger partial charge in [-0.15, -0.1) is 0 Å². The molecule has 0 unspecified atom stereocenters. The van der Waals surface area contributed by atoms with Crippen LogP contribution in [0.15, 0.2) is 17.1 Å². The number of nitrogens with zero attached hydrogens (tertiary/aromatic N) is 3. The molecule has 1 aliphatic rings. The van der Waals surface area contributed by atoms with Gasteiger partial charge in [0.2, 0.25) is 5.88 Å². The minimum Gasteiger partial charge on any atom is -0.479 e. The summed E-state index contributed by atoms with van der Waals surface area (Å²) in [6.07, 6.45) is 2.31. The van der Waals surface area contributed by atoms with Crippen LogP contribution in [0.1, 0.15) is 22.6 Å². The first kappa shape index (κ1) is 14.6. The molecule has 3 rings (SSSR count). The molecule has 116 valence electrons. The van der Waals surface area contributed by atoms with Crippen LogP contribution in [0, 0.1) is 12.7 Å². The van der Waals surface area contributed by atoms with E-state index in [4.69, 9.17) is 4.74 Å². The van der Waals surface area contributed by atoms with Crippen LogP contribution < -0.4 is 10.3 Å². The Morgan fingerprint density at radius 3 is 3.05 bits per heavy atom. The monoisotopic (exact) mass is 304 g/mol. The molecule has 1 N–H and O–H groups in total. The zero-order chi connectivity index (χ0) is 15.7. The number of fused-ring (bicyclic) bond motifs is 1. The van der Waals surface area contributed by atoms with E-state index in [0.717, 1.165) is 17.8 Å². The van der Waals surface area contributed by atoms with Crippen molar-refractivity contribution in [2.24, 2.45) is 0 Å². The lowest BCUT2D eigenvalue weighted by molar-refractivity contribution is 0.240. The highest BCUT2D eigenvalue weighted by Gasteiger charge is 2.21. The minimum absolute atomic E-state index is 0.0103. The van der Waals surface area contributed by atoms with E-state index in [9.17, 15) is 9.18 Å². The first-order valence-electron chi connectivity index (χ1n) is 7.06. The van der Waals surface area contributed by atoms with Crippen molar-refractivity contribution in [2.45, 2.75) is 26.4 Å². The third kappa shape index (κ3) is 2.85. The molecule has 2 aromatic rings. The topological polar surface area (TPSA) is 71.1 Å². The fourth-order valence-corrected chi connectivity index (χ4v) is 2.70. The number of rotatable bonds is 3. The first-order valence-corrected chi connectivity index (χ1v) is 7.06. The fraction of sp³-hybridized carbons (Fsp3) is 0.400. The number of hydrogen-bond donors (Lipinski definition) is 1. The second-order valence-corrected chi connectivity index (χ2v) is 5.37. The molecule has 2 aromatic heterocycles. The number of methoxy groups -OCH3 is 1. The maximum Gasteiger partial charge on any atom is 0.255 e. The van der Waals surface area contributed by atoms with Crippen molar-refractivity contribution in [3.8, 4) is 5.88 Å². The van der Waals surface area contributed by atoms with Crippen molar-refractivity contribution in [1.29, 1.82) is 0 Å². The van der Waals surface area contributed by atoms with Gasteiger partial charge in [-0.05, 0) is 18.6 Å². The normalized spacial score (nSPS) is 14.7. The van der Waals surface area contributed by atoms with E-state index in [1.165, 1.54) is 13.2 Å². The molecule has 0 spiro atoms. The van der Waals surface area contributed by atoms with Crippen LogP contribution in [0.25, 0.3) is 0 Å². The SMILES string of the molecule is COc1ncc(CN2CCc3nc(C)[nH]c(=O)c3C2)cc1F. The van der Waals surface area contributed by atoms with E-state index in [-0.39, 0.29) is 11.4 Å². The average Bonchev–Trinajstić information content (AvgIpc) is 2.48. The zero-order valence-corrected chi connectivity index (χ0v) is 12.5. The number of hydrogen-bond acceptors (Lipinski definition) is 5. The predicted octanol–water partition coefficient (Wildman–Crippen LogP) is 1.18. The third-order valence-corrected chi connectivity index (χ3v) is 3.73. The van der Waals surface area contributed by atoms with Crippen LogP contribution in [0.2, 0.25) is 0 Å². The van der Waals surface area contributed by atoms with Crippen LogP contribution in [0.3, 0.4) is 0 Å². The Labute approximate surface area is 127 Å². The Morgan fingerprint density at radius 1 is 1.50 bits per heavy atom. The van der Waals surface area contributed by atoms with Crippen molar-refractivity contribution in [3.63, 3.8) is 0 Å². The van der Waals surface area contributed by atoms with Gasteiger partial charge in [-0.3, -0.25) is 9.69 Å². The van der Waals surface area contributed by atoms with E-state index in [0.29, 0.717) is 30.9 Å². The van der Waals surface area contributed by atoms with Gasteiger partial charge in [0.1, 0.15) is 5.82 Å². The van der Waals surface area contributed by atoms with Crippen LogP contribution >= 0.6 is 0 Å². The molecular weight excluding hydrogens is 287 g/mol. The van der Waals surface area contributed by atoms with Crippen molar-refractivity contribution in [2.75, 3.05) is 13.7 Å². The van der Waals surface area contributed by atoms with Gasteiger partial charge < -0.3 is 9.72 Å². The lowest BCUT2D eigenvalue weighted by atomic mass is 10.1. The molecule has 7 heteroatoms. The summed E-state index contributed by atoms with van der Waals surface area (Å²) in [6, 6.07) is 1.42. The summed E-state index contributed by atoms with van der Waals surface area (Å²) in [4.78, 5) is 25.1. The molecule has 0 radical (unpaired) electrons. The van der Waals surface area contributed by atoms with Gasteiger partial charge >= 0.3 is 0 Å². The number of ether oxygens (including phenoxy) is 1. The number of halogens is 1. The summed E-state index contributed by atoms with van der Waals surface area (Å²) in [5, 5.41) is 0. The number of aromatic nitrogens is 3. The molecule has 0 amide bonds. The second kappa shape index (κ2) is 5.84. The Kier molecular flexibility index (Phi) is 3.89. The molecule has 0 aromatic carbocycles. The molecule has 3 heterocycles. The van der Waals surface area contributed by atoms with Gasteiger partial charge in [-0.25, -0.2) is 14.4 Å². The molecule has 1 aliphatic heterocycles. The maximum atomic E-state index is 13.7. The number of H-pyrrole nitrogens is 1. The van der Waals surface area contributed by atoms with Gasteiger partial charge in [0, 0.05) is 32.3 Å². The number of nitrogens with one attached hydrogen (secondary N) is 1. The second-order valence-electron chi connectivity index (χ2n) is 5.37. The number of pyridine rings is 1. The Balaban J connectivity index is 1.78. The average molecular weight is 304 g/mol. The smallest absolute Gasteiger partial charge is 0.255 e. The van der Waals surface area contributed by atoms with Gasteiger partial charge in [0.25, 0.3) is 5.56 Å². The Morgan fingerprint density at radius 2 is 2.32 bits per heavy atom. The predicted molar refractivity (Wildman–Crippen MR) is 78.2 cm³/mol. The Hall–Kier alpha value is -2.28. The van der Waals surface area contributed by atoms with Gasteiger partial charge in [0.05, 0.1) is 18.4 Å². The summed E-state index contributed by atoms with van der Waals surface area (Å²) in [5.74, 6) is 0.148. The molecule has 6 nitrogen and oxygen atoms in total. The fourth-order valence-electron chi connectivity index (χ4n) is 2.70. The summed E-state index contributed by atoms with van der Waals surface area (Å²) in [5.41, 5.74) is 2.21. The molecule has 0 saturated heterocycles. The molecule has 22 heavy (non-hydrogen) atoms. The maximum absolute atomic E-state index is 13.7. The summed E-state index contributed by atoms with van der Waals surface area (Å²) in [6.45, 7) is 3.59. The summed E-state index contributed by atoms with van der Waals surface area (Å²) < 4.78 is 18.5. The lowest BCUT2D eigenvalue weighted by Crippen LogP contribution is -2.35. The van der Waals surface area contributed by atoms with Crippen LogP contribution in [0.5, 0.6) is 5.88 Å². The highest BCUT2D eigenvalue weighted by Crippen LogP contribution is 2.19. The molecule has 0 fully saturated rings. The van der Waals surface area contributed by atoms with Gasteiger partial charge in [0.15, 0.2) is 5.82 Å².